The lowest BCUT2D eigenvalue weighted by atomic mass is 9.99. The predicted molar refractivity (Wildman–Crippen MR) is 82.5 cm³/mol. The molecular formula is C16H20O8. The minimum atomic E-state index is -1.54. The lowest BCUT2D eigenvalue weighted by Crippen LogP contribution is -2.60. The van der Waals surface area contributed by atoms with Crippen molar-refractivity contribution in [3.05, 3.63) is 29.8 Å². The fourth-order valence-corrected chi connectivity index (χ4v) is 2.33. The van der Waals surface area contributed by atoms with E-state index in [1.807, 2.05) is 0 Å². The van der Waals surface area contributed by atoms with Gasteiger partial charge in [-0.25, -0.2) is 0 Å². The number of aliphatic hydroxyl groups excluding tert-OH is 4. The summed E-state index contributed by atoms with van der Waals surface area (Å²) in [5.41, 5.74) is 0.641. The Kier molecular flexibility index (Phi) is 6.29. The van der Waals surface area contributed by atoms with Gasteiger partial charge in [0.15, 0.2) is 11.5 Å². The number of hydrogen-bond acceptors (Lipinski definition) is 8. The van der Waals surface area contributed by atoms with E-state index in [9.17, 15) is 25.2 Å². The van der Waals surface area contributed by atoms with Crippen LogP contribution in [0.4, 0.5) is 0 Å². The molecule has 1 heterocycles. The first-order valence-corrected chi connectivity index (χ1v) is 7.29. The summed E-state index contributed by atoms with van der Waals surface area (Å²) in [5.74, 6) is 0.546. The Morgan fingerprint density at radius 1 is 1.17 bits per heavy atom. The molecule has 0 aromatic heterocycles. The summed E-state index contributed by atoms with van der Waals surface area (Å²) in [7, 11) is 1.43. The van der Waals surface area contributed by atoms with Crippen molar-refractivity contribution in [3.8, 4) is 11.5 Å². The highest BCUT2D eigenvalue weighted by atomic mass is 16.7. The number of hydrogen-bond donors (Lipinski definition) is 4. The lowest BCUT2D eigenvalue weighted by Gasteiger charge is -2.39. The molecule has 2 rings (SSSR count). The lowest BCUT2D eigenvalue weighted by molar-refractivity contribution is -0.277. The summed E-state index contributed by atoms with van der Waals surface area (Å²) in [6, 6.07) is 4.85. The maximum atomic E-state index is 10.4. The number of allylic oxidation sites excluding steroid dienone is 1. The van der Waals surface area contributed by atoms with Gasteiger partial charge in [-0.15, -0.1) is 0 Å². The number of aliphatic hydroxyl groups is 4. The van der Waals surface area contributed by atoms with Crippen LogP contribution in [0.2, 0.25) is 0 Å². The molecule has 0 unspecified atom stereocenters. The number of benzene rings is 1. The Morgan fingerprint density at radius 3 is 2.54 bits per heavy atom. The topological polar surface area (TPSA) is 126 Å². The van der Waals surface area contributed by atoms with Gasteiger partial charge < -0.3 is 34.6 Å². The number of rotatable bonds is 6. The molecule has 1 aliphatic rings. The highest BCUT2D eigenvalue weighted by Crippen LogP contribution is 2.32. The zero-order valence-corrected chi connectivity index (χ0v) is 13.0. The van der Waals surface area contributed by atoms with Crippen molar-refractivity contribution in [1.29, 1.82) is 0 Å². The third kappa shape index (κ3) is 3.92. The molecule has 5 atom stereocenters. The molecule has 1 fully saturated rings. The quantitative estimate of drug-likeness (QED) is 0.387. The monoisotopic (exact) mass is 340 g/mol. The first-order valence-electron chi connectivity index (χ1n) is 7.29. The van der Waals surface area contributed by atoms with Crippen LogP contribution in [0.25, 0.3) is 6.08 Å². The van der Waals surface area contributed by atoms with Crippen LogP contribution in [-0.2, 0) is 9.53 Å². The minimum Gasteiger partial charge on any atom is -0.493 e. The predicted octanol–water partition coefficient (Wildman–Crippen LogP) is -0.914. The molecule has 132 valence electrons. The normalized spacial score (nSPS) is 30.3. The first kappa shape index (κ1) is 18.4. The average Bonchev–Trinajstić information content (AvgIpc) is 2.60. The molecule has 0 spiro atoms. The molecule has 0 radical (unpaired) electrons. The Balaban J connectivity index is 2.24. The molecule has 0 bridgehead atoms. The van der Waals surface area contributed by atoms with Crippen LogP contribution in [0.3, 0.4) is 0 Å². The van der Waals surface area contributed by atoms with Gasteiger partial charge in [-0.1, -0.05) is 12.1 Å². The van der Waals surface area contributed by atoms with Gasteiger partial charge in [0.1, 0.15) is 30.7 Å². The molecule has 24 heavy (non-hydrogen) atoms. The molecule has 0 aliphatic carbocycles. The van der Waals surface area contributed by atoms with Gasteiger partial charge in [-0.3, -0.25) is 4.79 Å². The number of carbonyl (C=O) groups is 1. The molecule has 1 aliphatic heterocycles. The van der Waals surface area contributed by atoms with Gasteiger partial charge in [0.2, 0.25) is 6.29 Å². The van der Waals surface area contributed by atoms with E-state index in [4.69, 9.17) is 14.2 Å². The van der Waals surface area contributed by atoms with Gasteiger partial charge in [0, 0.05) is 0 Å². The fraction of sp³-hybridized carbons (Fsp3) is 0.438. The smallest absolute Gasteiger partial charge is 0.229 e. The summed E-state index contributed by atoms with van der Waals surface area (Å²) in [5, 5.41) is 38.8. The van der Waals surface area contributed by atoms with Crippen LogP contribution >= 0.6 is 0 Å². The standard InChI is InChI=1S/C16H20O8/c1-22-10-5-4-9(3-2-6-17)7-11(10)23-16-15(21)14(20)13(19)12(8-18)24-16/h2-7,12-16,18-21H,8H2,1H3/b3-2+/t12-,13-,14+,15-,16-/m1/s1. The second kappa shape index (κ2) is 8.22. The third-order valence-corrected chi connectivity index (χ3v) is 3.65. The zero-order chi connectivity index (χ0) is 17.7. The molecule has 8 nitrogen and oxygen atoms in total. The number of methoxy groups -OCH3 is 1. The SMILES string of the molecule is COc1ccc(/C=C/C=O)cc1O[C@@H]1O[C@H](CO)[C@@H](O)[C@H](O)[C@H]1O. The first-order chi connectivity index (χ1) is 11.5. The largest absolute Gasteiger partial charge is 0.493 e. The summed E-state index contributed by atoms with van der Waals surface area (Å²) in [6.45, 7) is -0.552. The van der Waals surface area contributed by atoms with Gasteiger partial charge in [0.25, 0.3) is 0 Å². The Labute approximate surface area is 138 Å². The maximum Gasteiger partial charge on any atom is 0.229 e. The Bertz CT molecular complexity index is 585. The molecule has 1 saturated heterocycles. The number of carbonyl (C=O) groups excluding carboxylic acids is 1. The van der Waals surface area contributed by atoms with Crippen molar-refractivity contribution in [2.75, 3.05) is 13.7 Å². The van der Waals surface area contributed by atoms with E-state index >= 15 is 0 Å². The molecule has 1 aromatic carbocycles. The zero-order valence-electron chi connectivity index (χ0n) is 13.0. The second-order valence-corrected chi connectivity index (χ2v) is 5.22. The highest BCUT2D eigenvalue weighted by molar-refractivity contribution is 5.74. The fourth-order valence-electron chi connectivity index (χ4n) is 2.33. The van der Waals surface area contributed by atoms with Crippen molar-refractivity contribution in [1.82, 2.24) is 0 Å². The molecule has 8 heteroatoms. The summed E-state index contributed by atoms with van der Waals surface area (Å²) < 4.78 is 16.0. The van der Waals surface area contributed by atoms with Gasteiger partial charge in [-0.05, 0) is 23.8 Å². The molecule has 0 saturated carbocycles. The van der Waals surface area contributed by atoms with Crippen LogP contribution in [0.1, 0.15) is 5.56 Å². The van der Waals surface area contributed by atoms with Crippen molar-refractivity contribution in [3.63, 3.8) is 0 Å². The van der Waals surface area contributed by atoms with Crippen molar-refractivity contribution in [2.24, 2.45) is 0 Å². The Hall–Kier alpha value is -1.97. The van der Waals surface area contributed by atoms with Crippen molar-refractivity contribution in [2.45, 2.75) is 30.7 Å². The molecular weight excluding hydrogens is 320 g/mol. The van der Waals surface area contributed by atoms with Crippen LogP contribution in [-0.4, -0.2) is 71.1 Å². The van der Waals surface area contributed by atoms with Crippen molar-refractivity contribution < 1.29 is 39.4 Å². The summed E-state index contributed by atoms with van der Waals surface area (Å²) in [4.78, 5) is 10.4. The average molecular weight is 340 g/mol. The number of ether oxygens (including phenoxy) is 3. The minimum absolute atomic E-state index is 0.204. The van der Waals surface area contributed by atoms with Gasteiger partial charge >= 0.3 is 0 Å². The van der Waals surface area contributed by atoms with E-state index in [-0.39, 0.29) is 5.75 Å². The van der Waals surface area contributed by atoms with Crippen LogP contribution < -0.4 is 9.47 Å². The molecule has 1 aromatic rings. The van der Waals surface area contributed by atoms with Crippen LogP contribution in [0.15, 0.2) is 24.3 Å². The van der Waals surface area contributed by atoms with Crippen LogP contribution in [0, 0.1) is 0 Å². The maximum absolute atomic E-state index is 10.4. The summed E-state index contributed by atoms with van der Waals surface area (Å²) >= 11 is 0. The summed E-state index contributed by atoms with van der Waals surface area (Å²) in [6.07, 6.45) is -3.44. The Morgan fingerprint density at radius 2 is 1.92 bits per heavy atom. The van der Waals surface area contributed by atoms with Gasteiger partial charge in [0.05, 0.1) is 13.7 Å². The van der Waals surface area contributed by atoms with E-state index in [0.29, 0.717) is 17.6 Å². The molecule has 0 amide bonds. The molecule has 4 N–H and O–H groups in total. The van der Waals surface area contributed by atoms with Gasteiger partial charge in [-0.2, -0.15) is 0 Å². The number of aldehydes is 1. The van der Waals surface area contributed by atoms with E-state index < -0.39 is 37.3 Å². The van der Waals surface area contributed by atoms with E-state index in [0.717, 1.165) is 0 Å². The van der Waals surface area contributed by atoms with E-state index in [1.54, 1.807) is 24.3 Å². The van der Waals surface area contributed by atoms with Crippen LogP contribution in [0.5, 0.6) is 11.5 Å². The van der Waals surface area contributed by atoms with E-state index in [2.05, 4.69) is 0 Å². The van der Waals surface area contributed by atoms with E-state index in [1.165, 1.54) is 13.2 Å². The highest BCUT2D eigenvalue weighted by Gasteiger charge is 2.44. The van der Waals surface area contributed by atoms with Crippen molar-refractivity contribution >= 4 is 12.4 Å². The second-order valence-electron chi connectivity index (χ2n) is 5.22. The third-order valence-electron chi connectivity index (χ3n) is 3.65.